The SMILES string of the molecule is CCOC(=O)c1ccc(N2CC(=O)N(CC)C2=S)cc1. The molecule has 0 N–H and O–H groups in total. The summed E-state index contributed by atoms with van der Waals surface area (Å²) >= 11 is 5.29. The van der Waals surface area contributed by atoms with Crippen molar-refractivity contribution < 1.29 is 14.3 Å². The highest BCUT2D eigenvalue weighted by atomic mass is 32.1. The molecule has 0 spiro atoms. The molecule has 1 aromatic carbocycles. The Morgan fingerprint density at radius 2 is 1.95 bits per heavy atom. The van der Waals surface area contributed by atoms with Gasteiger partial charge in [0.1, 0.15) is 6.54 Å². The van der Waals surface area contributed by atoms with Gasteiger partial charge in [0, 0.05) is 12.2 Å². The number of anilines is 1. The first-order chi connectivity index (χ1) is 9.58. The molecule has 1 amide bonds. The number of hydrogen-bond acceptors (Lipinski definition) is 4. The van der Waals surface area contributed by atoms with Gasteiger partial charge in [-0.25, -0.2) is 4.79 Å². The normalized spacial score (nSPS) is 14.9. The van der Waals surface area contributed by atoms with Gasteiger partial charge >= 0.3 is 5.97 Å². The predicted octanol–water partition coefficient (Wildman–Crippen LogP) is 1.82. The number of amides is 1. The molecule has 1 aliphatic rings. The van der Waals surface area contributed by atoms with Crippen molar-refractivity contribution >= 4 is 34.9 Å². The molecular weight excluding hydrogens is 276 g/mol. The fraction of sp³-hybridized carbons (Fsp3) is 0.357. The Kier molecular flexibility index (Phi) is 4.34. The molecule has 20 heavy (non-hydrogen) atoms. The van der Waals surface area contributed by atoms with Crippen molar-refractivity contribution in [1.82, 2.24) is 4.90 Å². The zero-order valence-electron chi connectivity index (χ0n) is 11.5. The van der Waals surface area contributed by atoms with Crippen LogP contribution < -0.4 is 4.90 Å². The molecule has 5 nitrogen and oxygen atoms in total. The van der Waals surface area contributed by atoms with Gasteiger partial charge in [-0.15, -0.1) is 0 Å². The number of carbonyl (C=O) groups excluding carboxylic acids is 2. The largest absolute Gasteiger partial charge is 0.462 e. The molecule has 1 heterocycles. The third-order valence-electron chi connectivity index (χ3n) is 3.06. The molecule has 106 valence electrons. The first-order valence-electron chi connectivity index (χ1n) is 6.47. The highest BCUT2D eigenvalue weighted by Gasteiger charge is 2.32. The summed E-state index contributed by atoms with van der Waals surface area (Å²) < 4.78 is 4.93. The number of likely N-dealkylation sites (N-methyl/N-ethyl adjacent to an activating group) is 1. The van der Waals surface area contributed by atoms with Crippen LogP contribution in [0.5, 0.6) is 0 Å². The van der Waals surface area contributed by atoms with E-state index in [4.69, 9.17) is 17.0 Å². The molecule has 0 aromatic heterocycles. The molecule has 0 unspecified atom stereocenters. The number of ether oxygens (including phenoxy) is 1. The van der Waals surface area contributed by atoms with Crippen LogP contribution in [-0.2, 0) is 9.53 Å². The second-order valence-corrected chi connectivity index (χ2v) is 4.64. The molecule has 1 aromatic rings. The average Bonchev–Trinajstić information content (AvgIpc) is 2.74. The molecule has 1 aliphatic heterocycles. The van der Waals surface area contributed by atoms with Gasteiger partial charge in [0.25, 0.3) is 0 Å². The maximum atomic E-state index is 11.8. The molecule has 0 atom stereocenters. The standard InChI is InChI=1S/C14H16N2O3S/c1-3-15-12(17)9-16(14(15)20)11-7-5-10(6-8-11)13(18)19-4-2/h5-8H,3-4,9H2,1-2H3. The second-order valence-electron chi connectivity index (χ2n) is 4.27. The fourth-order valence-corrected chi connectivity index (χ4v) is 2.45. The van der Waals surface area contributed by atoms with E-state index >= 15 is 0 Å². The number of hydrogen-bond donors (Lipinski definition) is 0. The van der Waals surface area contributed by atoms with Crippen LogP contribution >= 0.6 is 12.2 Å². The molecule has 0 aliphatic carbocycles. The van der Waals surface area contributed by atoms with E-state index in [0.29, 0.717) is 23.8 Å². The van der Waals surface area contributed by atoms with Crippen LogP contribution in [0.25, 0.3) is 0 Å². The topological polar surface area (TPSA) is 49.9 Å². The van der Waals surface area contributed by atoms with Gasteiger partial charge in [0.2, 0.25) is 5.91 Å². The lowest BCUT2D eigenvalue weighted by Gasteiger charge is -2.19. The molecule has 0 saturated carbocycles. The minimum atomic E-state index is -0.352. The Morgan fingerprint density at radius 1 is 1.30 bits per heavy atom. The van der Waals surface area contributed by atoms with Crippen molar-refractivity contribution in [2.75, 3.05) is 24.6 Å². The third kappa shape index (κ3) is 2.65. The summed E-state index contributed by atoms with van der Waals surface area (Å²) in [6.07, 6.45) is 0. The average molecular weight is 292 g/mol. The van der Waals surface area contributed by atoms with Gasteiger partial charge in [-0.1, -0.05) is 0 Å². The Morgan fingerprint density at radius 3 is 2.45 bits per heavy atom. The van der Waals surface area contributed by atoms with Gasteiger partial charge in [0.05, 0.1) is 12.2 Å². The van der Waals surface area contributed by atoms with Gasteiger partial charge in [-0.2, -0.15) is 0 Å². The maximum absolute atomic E-state index is 11.8. The Hall–Kier alpha value is -1.95. The molecule has 1 fully saturated rings. The van der Waals surface area contributed by atoms with E-state index in [2.05, 4.69) is 0 Å². The summed E-state index contributed by atoms with van der Waals surface area (Å²) in [7, 11) is 0. The molecule has 6 heteroatoms. The van der Waals surface area contributed by atoms with Crippen LogP contribution in [0.1, 0.15) is 24.2 Å². The second kappa shape index (κ2) is 6.00. The monoisotopic (exact) mass is 292 g/mol. The summed E-state index contributed by atoms with van der Waals surface area (Å²) in [5, 5.41) is 0.501. The Balaban J connectivity index is 2.17. The fourth-order valence-electron chi connectivity index (χ4n) is 2.05. The Bertz CT molecular complexity index is 542. The lowest BCUT2D eigenvalue weighted by atomic mass is 10.2. The number of rotatable bonds is 4. The summed E-state index contributed by atoms with van der Waals surface area (Å²) in [6, 6.07) is 6.89. The van der Waals surface area contributed by atoms with Gasteiger partial charge < -0.3 is 9.64 Å². The number of nitrogens with zero attached hydrogens (tertiary/aromatic N) is 2. The van der Waals surface area contributed by atoms with Crippen LogP contribution in [0.15, 0.2) is 24.3 Å². The minimum Gasteiger partial charge on any atom is -0.462 e. The zero-order valence-corrected chi connectivity index (χ0v) is 12.3. The number of benzene rings is 1. The summed E-state index contributed by atoms with van der Waals surface area (Å²) in [5.41, 5.74) is 1.28. The maximum Gasteiger partial charge on any atom is 0.338 e. The van der Waals surface area contributed by atoms with Crippen molar-refractivity contribution in [2.45, 2.75) is 13.8 Å². The van der Waals surface area contributed by atoms with Crippen LogP contribution in [0.4, 0.5) is 5.69 Å². The van der Waals surface area contributed by atoms with E-state index in [1.807, 2.05) is 6.92 Å². The lowest BCUT2D eigenvalue weighted by molar-refractivity contribution is -0.124. The molecule has 0 bridgehead atoms. The summed E-state index contributed by atoms with van der Waals surface area (Å²) in [4.78, 5) is 26.7. The van der Waals surface area contributed by atoms with Gasteiger partial charge in [-0.05, 0) is 50.3 Å². The zero-order chi connectivity index (χ0) is 14.7. The number of thiocarbonyl (C=S) groups is 1. The smallest absolute Gasteiger partial charge is 0.338 e. The first-order valence-corrected chi connectivity index (χ1v) is 6.88. The van der Waals surface area contributed by atoms with E-state index in [0.717, 1.165) is 5.69 Å². The van der Waals surface area contributed by atoms with Crippen LogP contribution in [0, 0.1) is 0 Å². The Labute approximate surface area is 123 Å². The van der Waals surface area contributed by atoms with E-state index in [1.54, 1.807) is 41.0 Å². The highest BCUT2D eigenvalue weighted by Crippen LogP contribution is 2.21. The van der Waals surface area contributed by atoms with Crippen molar-refractivity contribution in [2.24, 2.45) is 0 Å². The molecule has 0 radical (unpaired) electrons. The predicted molar refractivity (Wildman–Crippen MR) is 79.7 cm³/mol. The van der Waals surface area contributed by atoms with E-state index in [-0.39, 0.29) is 18.4 Å². The van der Waals surface area contributed by atoms with E-state index in [9.17, 15) is 9.59 Å². The van der Waals surface area contributed by atoms with Gasteiger partial charge in [0.15, 0.2) is 5.11 Å². The van der Waals surface area contributed by atoms with Crippen LogP contribution in [0.3, 0.4) is 0 Å². The number of esters is 1. The van der Waals surface area contributed by atoms with Gasteiger partial charge in [-0.3, -0.25) is 9.69 Å². The molecular formula is C14H16N2O3S. The summed E-state index contributed by atoms with van der Waals surface area (Å²) in [5.74, 6) is -0.360. The van der Waals surface area contributed by atoms with Crippen LogP contribution in [-0.4, -0.2) is 41.6 Å². The highest BCUT2D eigenvalue weighted by molar-refractivity contribution is 7.80. The van der Waals surface area contributed by atoms with E-state index < -0.39 is 0 Å². The van der Waals surface area contributed by atoms with Crippen molar-refractivity contribution in [3.8, 4) is 0 Å². The first kappa shape index (κ1) is 14.5. The van der Waals surface area contributed by atoms with E-state index in [1.165, 1.54) is 0 Å². The van der Waals surface area contributed by atoms with Crippen molar-refractivity contribution in [3.63, 3.8) is 0 Å². The number of carbonyl (C=O) groups is 2. The molecule has 1 saturated heterocycles. The quantitative estimate of drug-likeness (QED) is 0.626. The molecule has 2 rings (SSSR count). The third-order valence-corrected chi connectivity index (χ3v) is 3.50. The summed E-state index contributed by atoms with van der Waals surface area (Å²) in [6.45, 7) is 4.80. The van der Waals surface area contributed by atoms with Crippen molar-refractivity contribution in [3.05, 3.63) is 29.8 Å². The minimum absolute atomic E-state index is 0.00744. The lowest BCUT2D eigenvalue weighted by Crippen LogP contribution is -2.32. The van der Waals surface area contributed by atoms with Crippen LogP contribution in [0.2, 0.25) is 0 Å². The van der Waals surface area contributed by atoms with Crippen molar-refractivity contribution in [1.29, 1.82) is 0 Å².